The number of esters is 2. The van der Waals surface area contributed by atoms with Gasteiger partial charge in [-0.15, -0.1) is 0 Å². The Hall–Kier alpha value is -1.82. The number of halogens is 2. The first kappa shape index (κ1) is 23.8. The lowest BCUT2D eigenvalue weighted by Crippen LogP contribution is -2.49. The first-order chi connectivity index (χ1) is 14.0. The molecule has 2 saturated carbocycles. The predicted octanol–water partition coefficient (Wildman–Crippen LogP) is 1.47. The van der Waals surface area contributed by atoms with Gasteiger partial charge in [0.1, 0.15) is 6.10 Å². The highest BCUT2D eigenvalue weighted by atomic mass is 32.2. The van der Waals surface area contributed by atoms with E-state index in [1.54, 1.807) is 39.5 Å². The molecule has 176 valence electrons. The molecular weight excluding hydrogens is 440 g/mol. The molecule has 0 aromatic heterocycles. The highest BCUT2D eigenvalue weighted by Crippen LogP contribution is 2.60. The second-order valence-corrected chi connectivity index (χ2v) is 11.3. The van der Waals surface area contributed by atoms with E-state index in [9.17, 15) is 31.6 Å². The van der Waals surface area contributed by atoms with Gasteiger partial charge in [-0.2, -0.15) is 17.2 Å². The molecule has 3 fully saturated rings. The van der Waals surface area contributed by atoms with Crippen LogP contribution >= 0.6 is 0 Å². The van der Waals surface area contributed by atoms with E-state index in [0.717, 1.165) is 0 Å². The van der Waals surface area contributed by atoms with Crippen LogP contribution in [-0.4, -0.2) is 65.8 Å². The molecule has 1 saturated heterocycles. The first-order valence-corrected chi connectivity index (χ1v) is 11.5. The zero-order valence-electron chi connectivity index (χ0n) is 17.9. The molecule has 0 spiro atoms. The van der Waals surface area contributed by atoms with Crippen LogP contribution in [0.5, 0.6) is 0 Å². The van der Waals surface area contributed by atoms with E-state index in [0.29, 0.717) is 6.42 Å². The van der Waals surface area contributed by atoms with Crippen LogP contribution < -0.4 is 0 Å². The fraction of sp³-hybridized carbons (Fsp3) is 0.842. The molecule has 2 bridgehead atoms. The van der Waals surface area contributed by atoms with Gasteiger partial charge < -0.3 is 14.4 Å². The van der Waals surface area contributed by atoms with Gasteiger partial charge in [0.25, 0.3) is 0 Å². The first-order valence-electron chi connectivity index (χ1n) is 10.0. The van der Waals surface area contributed by atoms with Crippen LogP contribution in [0.3, 0.4) is 0 Å². The van der Waals surface area contributed by atoms with Crippen LogP contribution in [-0.2, 0) is 34.0 Å². The molecule has 0 aromatic rings. The van der Waals surface area contributed by atoms with E-state index >= 15 is 0 Å². The van der Waals surface area contributed by atoms with Crippen LogP contribution in [0.1, 0.15) is 41.0 Å². The van der Waals surface area contributed by atoms with Gasteiger partial charge >= 0.3 is 27.3 Å². The van der Waals surface area contributed by atoms with Crippen molar-refractivity contribution in [2.75, 3.05) is 6.61 Å². The van der Waals surface area contributed by atoms with Gasteiger partial charge in [0.15, 0.2) is 6.61 Å². The molecule has 1 aliphatic heterocycles. The third-order valence-electron chi connectivity index (χ3n) is 6.36. The minimum absolute atomic E-state index is 0.238. The molecule has 12 heteroatoms. The molecule has 31 heavy (non-hydrogen) atoms. The van der Waals surface area contributed by atoms with E-state index in [2.05, 4.69) is 4.74 Å². The third kappa shape index (κ3) is 3.81. The molecule has 1 N–H and O–H groups in total. The summed E-state index contributed by atoms with van der Waals surface area (Å²) in [6, 6.07) is -0.657. The van der Waals surface area contributed by atoms with Crippen LogP contribution in [0.15, 0.2) is 0 Å². The number of hydrogen-bond acceptors (Lipinski definition) is 7. The molecule has 2 aliphatic carbocycles. The molecule has 6 unspecified atom stereocenters. The Balaban J connectivity index is 1.88. The Morgan fingerprint density at radius 2 is 1.81 bits per heavy atom. The number of nitrogens with zero attached hydrogens (tertiary/aromatic N) is 1. The zero-order chi connectivity index (χ0) is 23.7. The quantitative estimate of drug-likeness (QED) is 0.460. The summed E-state index contributed by atoms with van der Waals surface area (Å²) < 4.78 is 67.5. The predicted molar refractivity (Wildman–Crippen MR) is 101 cm³/mol. The van der Waals surface area contributed by atoms with Gasteiger partial charge in [0, 0.05) is 12.0 Å². The molecule has 3 rings (SSSR count). The van der Waals surface area contributed by atoms with Crippen molar-refractivity contribution in [1.82, 2.24) is 4.90 Å². The second kappa shape index (κ2) is 7.36. The topological polar surface area (TPSA) is 127 Å². The molecule has 1 heterocycles. The summed E-state index contributed by atoms with van der Waals surface area (Å²) >= 11 is 0. The third-order valence-corrected chi connectivity index (χ3v) is 7.23. The number of amides is 1. The van der Waals surface area contributed by atoms with Gasteiger partial charge in [-0.1, -0.05) is 0 Å². The number of alkyl halides is 2. The summed E-state index contributed by atoms with van der Waals surface area (Å²) in [5, 5.41) is -4.68. The molecule has 3 aliphatic rings. The van der Waals surface area contributed by atoms with Crippen LogP contribution in [0.25, 0.3) is 0 Å². The van der Waals surface area contributed by atoms with E-state index < -0.39 is 69.2 Å². The van der Waals surface area contributed by atoms with Crippen molar-refractivity contribution in [3.8, 4) is 0 Å². The lowest BCUT2D eigenvalue weighted by Gasteiger charge is -2.36. The van der Waals surface area contributed by atoms with Crippen LogP contribution in [0.4, 0.5) is 8.78 Å². The summed E-state index contributed by atoms with van der Waals surface area (Å²) in [5.74, 6) is -4.92. The Kier molecular flexibility index (Phi) is 5.66. The number of ether oxygens (including phenoxy) is 2. The van der Waals surface area contributed by atoms with Crippen molar-refractivity contribution in [2.45, 2.75) is 64.5 Å². The number of fused-ring (bicyclic) bond motifs is 1. The number of carbonyl (C=O) groups excluding carboxylic acids is 3. The fourth-order valence-corrected chi connectivity index (χ4v) is 5.26. The minimum atomic E-state index is -5.77. The smallest absolute Gasteiger partial charge is 0.402 e. The number of rotatable bonds is 6. The average Bonchev–Trinajstić information content (AvgIpc) is 3.20. The molecule has 1 amide bonds. The molecular formula is C19H27F2NO8S. The van der Waals surface area contributed by atoms with Crippen molar-refractivity contribution in [1.29, 1.82) is 0 Å². The summed E-state index contributed by atoms with van der Waals surface area (Å²) in [4.78, 5) is 39.9. The van der Waals surface area contributed by atoms with Crippen LogP contribution in [0.2, 0.25) is 0 Å². The maximum Gasteiger partial charge on any atom is 0.402 e. The van der Waals surface area contributed by atoms with Gasteiger partial charge in [-0.05, 0) is 47.0 Å². The van der Waals surface area contributed by atoms with Gasteiger partial charge in [-0.25, -0.2) is 0 Å². The Morgan fingerprint density at radius 1 is 1.23 bits per heavy atom. The van der Waals surface area contributed by atoms with Gasteiger partial charge in [0.05, 0.1) is 23.3 Å². The monoisotopic (exact) mass is 467 g/mol. The van der Waals surface area contributed by atoms with Crippen molar-refractivity contribution in [2.24, 2.45) is 29.1 Å². The maximum absolute atomic E-state index is 13.5. The van der Waals surface area contributed by atoms with Crippen molar-refractivity contribution in [3.05, 3.63) is 0 Å². The van der Waals surface area contributed by atoms with E-state index in [1.807, 2.05) is 0 Å². The maximum atomic E-state index is 13.5. The average molecular weight is 467 g/mol. The summed E-state index contributed by atoms with van der Waals surface area (Å²) in [5.41, 5.74) is -0.833. The summed E-state index contributed by atoms with van der Waals surface area (Å²) in [7, 11) is -5.77. The van der Waals surface area contributed by atoms with Crippen molar-refractivity contribution < 1.29 is 45.6 Å². The molecule has 6 atom stereocenters. The SMILES string of the molecule is CC(C)N1C(=O)C2C3CC(C(OC(=O)C(C)(C)C)C31)C2C(=O)OCC(F)(F)S(=O)(=O)O. The number of carbonyl (C=O) groups is 3. The molecule has 0 radical (unpaired) electrons. The summed E-state index contributed by atoms with van der Waals surface area (Å²) in [6.07, 6.45) is -0.428. The Bertz CT molecular complexity index is 897. The van der Waals surface area contributed by atoms with Gasteiger partial charge in [0.2, 0.25) is 5.91 Å². The fourth-order valence-electron chi connectivity index (χ4n) is 5.05. The van der Waals surface area contributed by atoms with Crippen LogP contribution in [0, 0.1) is 29.1 Å². The molecule has 0 aromatic carbocycles. The zero-order valence-corrected chi connectivity index (χ0v) is 18.7. The minimum Gasteiger partial charge on any atom is -0.459 e. The van der Waals surface area contributed by atoms with E-state index in [4.69, 9.17) is 9.29 Å². The summed E-state index contributed by atoms with van der Waals surface area (Å²) in [6.45, 7) is 6.69. The standard InChI is InChI=1S/C19H27F2NO8S/c1-8(2)22-13-9-6-10(14(13)30-17(25)18(3,4)5)12(11(9)15(22)23)16(24)29-7-19(20,21)31(26,27)28/h8-14H,6-7H2,1-5H3,(H,26,27,28). The van der Waals surface area contributed by atoms with Gasteiger partial charge in [-0.3, -0.25) is 18.9 Å². The van der Waals surface area contributed by atoms with E-state index in [1.165, 1.54) is 0 Å². The normalized spacial score (nSPS) is 32.7. The second-order valence-electron chi connectivity index (χ2n) is 9.78. The molecule has 9 nitrogen and oxygen atoms in total. The Labute approximate surface area is 179 Å². The van der Waals surface area contributed by atoms with Crippen molar-refractivity contribution >= 4 is 28.0 Å². The number of likely N-dealkylation sites (tertiary alicyclic amines) is 1. The lowest BCUT2D eigenvalue weighted by molar-refractivity contribution is -0.171. The lowest BCUT2D eigenvalue weighted by atomic mass is 9.78. The van der Waals surface area contributed by atoms with E-state index in [-0.39, 0.29) is 17.9 Å². The Morgan fingerprint density at radius 3 is 2.29 bits per heavy atom. The van der Waals surface area contributed by atoms with Crippen molar-refractivity contribution in [3.63, 3.8) is 0 Å². The number of hydrogen-bond donors (Lipinski definition) is 1. The highest BCUT2D eigenvalue weighted by Gasteiger charge is 2.71. The highest BCUT2D eigenvalue weighted by molar-refractivity contribution is 7.86. The largest absolute Gasteiger partial charge is 0.459 e.